The third-order valence-electron chi connectivity index (χ3n) is 3.00. The summed E-state index contributed by atoms with van der Waals surface area (Å²) in [7, 11) is 1.75. The maximum atomic E-state index is 12.3. The van der Waals surface area contributed by atoms with E-state index in [9.17, 15) is 4.79 Å². The molecule has 108 valence electrons. The van der Waals surface area contributed by atoms with Crippen LogP contribution in [0.5, 0.6) is 0 Å². The van der Waals surface area contributed by atoms with E-state index in [0.29, 0.717) is 18.7 Å². The number of furan rings is 1. The highest BCUT2D eigenvalue weighted by Gasteiger charge is 2.13. The summed E-state index contributed by atoms with van der Waals surface area (Å²) in [5, 5.41) is 0. The smallest absolute Gasteiger partial charge is 0.254 e. The van der Waals surface area contributed by atoms with E-state index in [4.69, 9.17) is 10.2 Å². The summed E-state index contributed by atoms with van der Waals surface area (Å²) in [5.74, 6) is 7.27. The maximum absolute atomic E-state index is 12.3. The Morgan fingerprint density at radius 1 is 1.24 bits per heavy atom. The summed E-state index contributed by atoms with van der Waals surface area (Å²) in [5.41, 5.74) is 6.80. The van der Waals surface area contributed by atoms with Crippen molar-refractivity contribution >= 4 is 5.91 Å². The molecule has 0 aliphatic heterocycles. The number of carbonyl (C=O) groups is 1. The summed E-state index contributed by atoms with van der Waals surface area (Å²) in [6.45, 7) is 2.65. The van der Waals surface area contributed by atoms with Crippen molar-refractivity contribution in [1.29, 1.82) is 0 Å². The second-order valence-corrected chi connectivity index (χ2v) is 4.76. The van der Waals surface area contributed by atoms with Gasteiger partial charge in [-0.15, -0.1) is 0 Å². The lowest BCUT2D eigenvalue weighted by Crippen LogP contribution is -2.25. The summed E-state index contributed by atoms with van der Waals surface area (Å²) < 4.78 is 5.48. The van der Waals surface area contributed by atoms with Gasteiger partial charge in [0, 0.05) is 18.2 Å². The number of nitrogens with two attached hydrogens (primary N) is 1. The minimum atomic E-state index is -0.0533. The largest absolute Gasteiger partial charge is 0.464 e. The standard InChI is InChI=1S/C17H18N2O2/c1-13-5-10-16(21-13)12-19(2)17(20)15-8-6-14(7-9-15)4-3-11-18/h5-10H,11-12,18H2,1-2H3. The molecule has 0 bridgehead atoms. The first-order chi connectivity index (χ1) is 10.1. The number of hydrogen-bond acceptors (Lipinski definition) is 3. The molecule has 2 aromatic rings. The van der Waals surface area contributed by atoms with Gasteiger partial charge in [-0.2, -0.15) is 0 Å². The Morgan fingerprint density at radius 3 is 2.52 bits per heavy atom. The highest BCUT2D eigenvalue weighted by molar-refractivity contribution is 5.94. The Bertz CT molecular complexity index is 675. The summed E-state index contributed by atoms with van der Waals surface area (Å²) >= 11 is 0. The van der Waals surface area contributed by atoms with Crippen molar-refractivity contribution in [3.63, 3.8) is 0 Å². The summed E-state index contributed by atoms with van der Waals surface area (Å²) in [4.78, 5) is 13.9. The molecule has 1 amide bonds. The molecule has 1 aromatic heterocycles. The molecule has 0 saturated heterocycles. The van der Waals surface area contributed by atoms with Crippen molar-refractivity contribution in [2.24, 2.45) is 5.73 Å². The van der Waals surface area contributed by atoms with Crippen LogP contribution in [0.4, 0.5) is 0 Å². The lowest BCUT2D eigenvalue weighted by atomic mass is 10.1. The van der Waals surface area contributed by atoms with Gasteiger partial charge in [-0.1, -0.05) is 11.8 Å². The van der Waals surface area contributed by atoms with Gasteiger partial charge in [0.05, 0.1) is 13.1 Å². The molecular weight excluding hydrogens is 264 g/mol. The van der Waals surface area contributed by atoms with E-state index in [1.165, 1.54) is 0 Å². The van der Waals surface area contributed by atoms with Gasteiger partial charge >= 0.3 is 0 Å². The molecule has 21 heavy (non-hydrogen) atoms. The Balaban J connectivity index is 2.05. The molecule has 1 heterocycles. The molecule has 0 atom stereocenters. The van der Waals surface area contributed by atoms with E-state index in [0.717, 1.165) is 17.1 Å². The van der Waals surface area contributed by atoms with Crippen molar-refractivity contribution in [2.75, 3.05) is 13.6 Å². The molecule has 4 nitrogen and oxygen atoms in total. The van der Waals surface area contributed by atoms with Gasteiger partial charge in [0.25, 0.3) is 5.91 Å². The fourth-order valence-corrected chi connectivity index (χ4v) is 1.95. The molecule has 2 rings (SSSR count). The molecule has 0 aliphatic rings. The van der Waals surface area contributed by atoms with Crippen LogP contribution in [0.1, 0.15) is 27.4 Å². The van der Waals surface area contributed by atoms with Crippen LogP contribution >= 0.6 is 0 Å². The van der Waals surface area contributed by atoms with Gasteiger partial charge in [0.1, 0.15) is 11.5 Å². The Hall–Kier alpha value is -2.51. The van der Waals surface area contributed by atoms with Crippen LogP contribution in [0.3, 0.4) is 0 Å². The van der Waals surface area contributed by atoms with E-state index >= 15 is 0 Å². The Kier molecular flexibility index (Phi) is 4.81. The number of amides is 1. The highest BCUT2D eigenvalue weighted by atomic mass is 16.3. The molecule has 0 unspecified atom stereocenters. The van der Waals surface area contributed by atoms with Crippen molar-refractivity contribution in [3.05, 3.63) is 59.0 Å². The first kappa shape index (κ1) is 14.9. The number of rotatable bonds is 3. The predicted octanol–water partition coefficient (Wildman–Crippen LogP) is 2.17. The van der Waals surface area contributed by atoms with Gasteiger partial charge in [-0.05, 0) is 43.3 Å². The normalized spacial score (nSPS) is 9.86. The van der Waals surface area contributed by atoms with Crippen molar-refractivity contribution in [2.45, 2.75) is 13.5 Å². The molecular formula is C17H18N2O2. The average molecular weight is 282 g/mol. The van der Waals surface area contributed by atoms with Crippen LogP contribution in [0.2, 0.25) is 0 Å². The van der Waals surface area contributed by atoms with Crippen LogP contribution in [-0.2, 0) is 6.54 Å². The predicted molar refractivity (Wildman–Crippen MR) is 81.6 cm³/mol. The zero-order valence-corrected chi connectivity index (χ0v) is 12.2. The third kappa shape index (κ3) is 3.98. The van der Waals surface area contributed by atoms with Gasteiger partial charge in [-0.25, -0.2) is 0 Å². The number of benzene rings is 1. The second-order valence-electron chi connectivity index (χ2n) is 4.76. The molecule has 0 radical (unpaired) electrons. The van der Waals surface area contributed by atoms with E-state index in [-0.39, 0.29) is 5.91 Å². The molecule has 4 heteroatoms. The first-order valence-corrected chi connectivity index (χ1v) is 6.70. The first-order valence-electron chi connectivity index (χ1n) is 6.70. The SMILES string of the molecule is Cc1ccc(CN(C)C(=O)c2ccc(C#CCN)cc2)o1. The molecule has 1 aromatic carbocycles. The zero-order valence-electron chi connectivity index (χ0n) is 12.2. The topological polar surface area (TPSA) is 59.5 Å². The monoisotopic (exact) mass is 282 g/mol. The lowest BCUT2D eigenvalue weighted by Gasteiger charge is -2.15. The van der Waals surface area contributed by atoms with Crippen molar-refractivity contribution in [3.8, 4) is 11.8 Å². The van der Waals surface area contributed by atoms with Crippen LogP contribution in [0.15, 0.2) is 40.8 Å². The van der Waals surface area contributed by atoms with Gasteiger partial charge in [-0.3, -0.25) is 4.79 Å². The average Bonchev–Trinajstić information content (AvgIpc) is 2.90. The molecule has 0 saturated carbocycles. The quantitative estimate of drug-likeness (QED) is 0.878. The number of carbonyl (C=O) groups excluding carboxylic acids is 1. The Morgan fingerprint density at radius 2 is 1.95 bits per heavy atom. The van der Waals surface area contributed by atoms with E-state index < -0.39 is 0 Å². The molecule has 0 spiro atoms. The fourth-order valence-electron chi connectivity index (χ4n) is 1.95. The number of nitrogens with zero attached hydrogens (tertiary/aromatic N) is 1. The van der Waals surface area contributed by atoms with Gasteiger partial charge in [0.15, 0.2) is 0 Å². The van der Waals surface area contributed by atoms with E-state index in [1.807, 2.05) is 31.2 Å². The van der Waals surface area contributed by atoms with Crippen LogP contribution in [0.25, 0.3) is 0 Å². The van der Waals surface area contributed by atoms with Crippen molar-refractivity contribution < 1.29 is 9.21 Å². The molecule has 2 N–H and O–H groups in total. The molecule has 0 fully saturated rings. The van der Waals surface area contributed by atoms with Crippen LogP contribution < -0.4 is 5.73 Å². The minimum Gasteiger partial charge on any atom is -0.464 e. The van der Waals surface area contributed by atoms with E-state index in [2.05, 4.69) is 11.8 Å². The number of hydrogen-bond donors (Lipinski definition) is 1. The summed E-state index contributed by atoms with van der Waals surface area (Å²) in [6, 6.07) is 10.9. The lowest BCUT2D eigenvalue weighted by molar-refractivity contribution is 0.0775. The minimum absolute atomic E-state index is 0.0533. The summed E-state index contributed by atoms with van der Waals surface area (Å²) in [6.07, 6.45) is 0. The second kappa shape index (κ2) is 6.78. The number of aryl methyl sites for hydroxylation is 1. The van der Waals surface area contributed by atoms with Gasteiger partial charge in [0.2, 0.25) is 0 Å². The molecule has 0 aliphatic carbocycles. The van der Waals surface area contributed by atoms with E-state index in [1.54, 1.807) is 24.1 Å². The van der Waals surface area contributed by atoms with Crippen molar-refractivity contribution in [1.82, 2.24) is 4.90 Å². The van der Waals surface area contributed by atoms with Gasteiger partial charge < -0.3 is 15.1 Å². The Labute approximate surface area is 124 Å². The van der Waals surface area contributed by atoms with Crippen LogP contribution in [0, 0.1) is 18.8 Å². The third-order valence-corrected chi connectivity index (χ3v) is 3.00. The fraction of sp³-hybridized carbons (Fsp3) is 0.235. The van der Waals surface area contributed by atoms with Crippen LogP contribution in [-0.4, -0.2) is 24.4 Å². The maximum Gasteiger partial charge on any atom is 0.254 e. The highest BCUT2D eigenvalue weighted by Crippen LogP contribution is 2.12. The zero-order chi connectivity index (χ0) is 15.2.